The molecule has 12 heteroatoms. The van der Waals surface area contributed by atoms with E-state index in [1.807, 2.05) is 0 Å². The summed E-state index contributed by atoms with van der Waals surface area (Å²) in [6.45, 7) is 7.00. The van der Waals surface area contributed by atoms with E-state index in [-0.39, 0.29) is 48.6 Å². The van der Waals surface area contributed by atoms with Gasteiger partial charge in [-0.05, 0) is 62.6 Å². The first-order valence-corrected chi connectivity index (χ1v) is 17.3. The summed E-state index contributed by atoms with van der Waals surface area (Å²) in [5.74, 6) is -0.852. The Kier molecular flexibility index (Phi) is 10.7. The average Bonchev–Trinajstić information content (AvgIpc) is 3.48. The molecule has 5 aromatic rings. The number of hydrogen-bond acceptors (Lipinski definition) is 8. The normalized spacial score (nSPS) is 11.7. The lowest BCUT2D eigenvalue weighted by atomic mass is 9.97. The van der Waals surface area contributed by atoms with Crippen LogP contribution in [0.15, 0.2) is 91.1 Å². The summed E-state index contributed by atoms with van der Waals surface area (Å²) in [4.78, 5) is 24.5. The quantitative estimate of drug-likeness (QED) is 0.140. The van der Waals surface area contributed by atoms with Crippen LogP contribution in [-0.2, 0) is 49.6 Å². The van der Waals surface area contributed by atoms with Crippen LogP contribution in [0.4, 0.5) is 9.18 Å². The lowest BCUT2D eigenvalue weighted by molar-refractivity contribution is -0.142. The first-order valence-electron chi connectivity index (χ1n) is 15.7. The number of benzene rings is 4. The van der Waals surface area contributed by atoms with E-state index in [0.717, 1.165) is 4.09 Å². The van der Waals surface area contributed by atoms with Gasteiger partial charge in [-0.3, -0.25) is 4.79 Å². The smallest absolute Gasteiger partial charge is 0.407 e. The Morgan fingerprint density at radius 2 is 1.61 bits per heavy atom. The average molecular weight is 688 g/mol. The lowest BCUT2D eigenvalue weighted by Crippen LogP contribution is -2.32. The van der Waals surface area contributed by atoms with Gasteiger partial charge in [0.2, 0.25) is 0 Å². The maximum atomic E-state index is 16.2. The van der Waals surface area contributed by atoms with Crippen LogP contribution in [0.25, 0.3) is 22.0 Å². The predicted octanol–water partition coefficient (Wildman–Crippen LogP) is 6.93. The molecule has 0 fully saturated rings. The number of halogens is 1. The number of fused-ring (bicyclic) bond motifs is 1. The lowest BCUT2D eigenvalue weighted by Gasteiger charge is -2.20. The number of nitrogens with zero attached hydrogens (tertiary/aromatic N) is 2. The van der Waals surface area contributed by atoms with Gasteiger partial charge in [0.25, 0.3) is 10.0 Å². The van der Waals surface area contributed by atoms with Gasteiger partial charge in [-0.15, -0.1) is 0 Å². The summed E-state index contributed by atoms with van der Waals surface area (Å²) in [5, 5.41) is 7.25. The van der Waals surface area contributed by atoms with E-state index in [4.69, 9.17) is 14.2 Å². The molecule has 0 radical (unpaired) electrons. The van der Waals surface area contributed by atoms with Crippen LogP contribution in [0.3, 0.4) is 0 Å². The second-order valence-corrected chi connectivity index (χ2v) is 14.1. The van der Waals surface area contributed by atoms with Gasteiger partial charge in [-0.1, -0.05) is 66.7 Å². The summed E-state index contributed by atoms with van der Waals surface area (Å²) in [6.07, 6.45) is 0.720. The Hall–Kier alpha value is -5.23. The third kappa shape index (κ3) is 8.82. The molecular weight excluding hydrogens is 649 g/mol. The van der Waals surface area contributed by atoms with Crippen LogP contribution in [0.2, 0.25) is 0 Å². The summed E-state index contributed by atoms with van der Waals surface area (Å²) in [6, 6.07) is 23.9. The highest BCUT2D eigenvalue weighted by molar-refractivity contribution is 7.89. The minimum absolute atomic E-state index is 0.00807. The maximum Gasteiger partial charge on any atom is 0.407 e. The van der Waals surface area contributed by atoms with Crippen molar-refractivity contribution in [2.75, 3.05) is 6.61 Å². The van der Waals surface area contributed by atoms with Gasteiger partial charge >= 0.3 is 12.1 Å². The zero-order chi connectivity index (χ0) is 35.2. The van der Waals surface area contributed by atoms with Crippen molar-refractivity contribution in [2.24, 2.45) is 0 Å². The fourth-order valence-corrected chi connectivity index (χ4v) is 6.64. The molecule has 0 atom stereocenters. The van der Waals surface area contributed by atoms with E-state index in [9.17, 15) is 18.0 Å². The molecule has 0 aliphatic heterocycles. The molecule has 0 aliphatic rings. The fourth-order valence-electron chi connectivity index (χ4n) is 5.26. The van der Waals surface area contributed by atoms with Gasteiger partial charge in [0.1, 0.15) is 23.8 Å². The number of alkyl carbamates (subject to hydrolysis) is 1. The Labute approximate surface area is 284 Å². The number of carbonyl (C=O) groups excluding carboxylic acids is 2. The summed E-state index contributed by atoms with van der Waals surface area (Å²) in [5.41, 5.74) is 2.01. The van der Waals surface area contributed by atoms with Crippen LogP contribution < -0.4 is 10.1 Å². The highest BCUT2D eigenvalue weighted by atomic mass is 32.2. The number of aromatic nitrogens is 2. The van der Waals surface area contributed by atoms with Gasteiger partial charge in [-0.2, -0.15) is 9.19 Å². The number of rotatable bonds is 12. The molecule has 0 saturated carbocycles. The third-order valence-corrected chi connectivity index (χ3v) is 8.89. The van der Waals surface area contributed by atoms with Crippen molar-refractivity contribution in [2.45, 2.75) is 58.6 Å². The van der Waals surface area contributed by atoms with E-state index in [2.05, 4.69) is 10.4 Å². The monoisotopic (exact) mass is 687 g/mol. The van der Waals surface area contributed by atoms with Gasteiger partial charge in [0.15, 0.2) is 0 Å². The minimum Gasteiger partial charge on any atom is -0.489 e. The molecule has 1 amide bonds. The van der Waals surface area contributed by atoms with Crippen LogP contribution in [0.1, 0.15) is 49.9 Å². The van der Waals surface area contributed by atoms with Gasteiger partial charge < -0.3 is 19.5 Å². The largest absolute Gasteiger partial charge is 0.489 e. The molecule has 5 rings (SSSR count). The molecule has 10 nitrogen and oxygen atoms in total. The van der Waals surface area contributed by atoms with E-state index < -0.39 is 33.5 Å². The zero-order valence-corrected chi connectivity index (χ0v) is 28.6. The summed E-state index contributed by atoms with van der Waals surface area (Å²) in [7, 11) is -4.00. The first-order chi connectivity index (χ1) is 23.3. The number of amides is 1. The summed E-state index contributed by atoms with van der Waals surface area (Å²) < 4.78 is 61.1. The molecule has 0 saturated heterocycles. The minimum atomic E-state index is -4.00. The third-order valence-electron chi connectivity index (χ3n) is 7.37. The summed E-state index contributed by atoms with van der Waals surface area (Å²) >= 11 is 0. The number of para-hydroxylation sites is 1. The SMILES string of the molecule is CCOC(=O)Cc1ccccc1OCc1cc(-c2cccc(CNC(=O)OC(C)(C)C)c2F)c2cnn(S(=O)(=O)Cc3ccccc3)c2c1. The Bertz CT molecular complexity index is 2070. The number of ether oxygens (including phenoxy) is 3. The van der Waals surface area contributed by atoms with Crippen molar-refractivity contribution in [1.29, 1.82) is 0 Å². The van der Waals surface area contributed by atoms with Gasteiger partial charge in [0, 0.05) is 28.6 Å². The second kappa shape index (κ2) is 14.9. The Morgan fingerprint density at radius 1 is 0.898 bits per heavy atom. The highest BCUT2D eigenvalue weighted by Crippen LogP contribution is 2.34. The number of nitrogens with one attached hydrogen (secondary N) is 1. The number of hydrogen-bond donors (Lipinski definition) is 1. The first kappa shape index (κ1) is 35.1. The molecule has 1 N–H and O–H groups in total. The maximum absolute atomic E-state index is 16.2. The Morgan fingerprint density at radius 3 is 2.35 bits per heavy atom. The van der Waals surface area contributed by atoms with E-state index >= 15 is 4.39 Å². The molecule has 0 aliphatic carbocycles. The molecule has 4 aromatic carbocycles. The van der Waals surface area contributed by atoms with E-state index in [0.29, 0.717) is 33.4 Å². The zero-order valence-electron chi connectivity index (χ0n) is 27.7. The Balaban J connectivity index is 1.55. The van der Waals surface area contributed by atoms with Crippen LogP contribution in [0, 0.1) is 5.82 Å². The molecule has 0 spiro atoms. The standard InChI is InChI=1S/C37H38FN3O7S/c1-5-46-34(42)20-27-14-9-10-17-33(27)47-23-26-18-30(29-16-11-15-28(35(29)38)21-39-36(43)48-37(2,3)4)31-22-40-41(32(31)19-26)49(44,45)24-25-12-7-6-8-13-25/h6-19,22H,5,20-21,23-24H2,1-4H3,(H,39,43). The number of carbonyl (C=O) groups is 2. The van der Waals surface area contributed by atoms with Crippen LogP contribution in [-0.4, -0.2) is 41.9 Å². The molecule has 256 valence electrons. The molecule has 0 bridgehead atoms. The van der Waals surface area contributed by atoms with Crippen molar-refractivity contribution < 1.29 is 36.6 Å². The van der Waals surface area contributed by atoms with E-state index in [1.54, 1.807) is 113 Å². The molecule has 0 unspecified atom stereocenters. The van der Waals surface area contributed by atoms with Crippen molar-refractivity contribution in [3.05, 3.63) is 119 Å². The molecule has 1 aromatic heterocycles. The molecular formula is C37H38FN3O7S. The van der Waals surface area contributed by atoms with E-state index in [1.165, 1.54) is 6.20 Å². The van der Waals surface area contributed by atoms with Crippen molar-refractivity contribution in [3.63, 3.8) is 0 Å². The molecule has 1 heterocycles. The fraction of sp³-hybridized carbons (Fsp3) is 0.270. The van der Waals surface area contributed by atoms with Crippen molar-refractivity contribution >= 4 is 33.0 Å². The van der Waals surface area contributed by atoms with Crippen molar-refractivity contribution in [3.8, 4) is 16.9 Å². The van der Waals surface area contributed by atoms with Crippen LogP contribution in [0.5, 0.6) is 5.75 Å². The van der Waals surface area contributed by atoms with Crippen LogP contribution >= 0.6 is 0 Å². The second-order valence-electron chi connectivity index (χ2n) is 12.3. The van der Waals surface area contributed by atoms with Gasteiger partial charge in [0.05, 0.1) is 30.5 Å². The molecule has 49 heavy (non-hydrogen) atoms. The topological polar surface area (TPSA) is 126 Å². The highest BCUT2D eigenvalue weighted by Gasteiger charge is 2.23. The number of esters is 1. The predicted molar refractivity (Wildman–Crippen MR) is 184 cm³/mol. The van der Waals surface area contributed by atoms with Gasteiger partial charge in [-0.25, -0.2) is 17.6 Å². The van der Waals surface area contributed by atoms with Crippen molar-refractivity contribution in [1.82, 2.24) is 14.5 Å².